The lowest BCUT2D eigenvalue weighted by molar-refractivity contribution is 0.371. The Hall–Kier alpha value is 0.310. The number of rotatable bonds is 6. The summed E-state index contributed by atoms with van der Waals surface area (Å²) in [4.78, 5) is 0. The van der Waals surface area contributed by atoms with Crippen molar-refractivity contribution < 1.29 is 0 Å². The number of piperidine rings is 1. The average Bonchev–Trinajstić information content (AvgIpc) is 2.18. The Morgan fingerprint density at radius 1 is 1.36 bits per heavy atom. The number of thioether (sulfide) groups is 1. The third-order valence-electron chi connectivity index (χ3n) is 2.91. The fraction of sp³-hybridized carbons (Fsp3) is 1.00. The summed E-state index contributed by atoms with van der Waals surface area (Å²) >= 11 is 2.15. The molecule has 0 aromatic heterocycles. The van der Waals surface area contributed by atoms with Gasteiger partial charge in [-0.25, -0.2) is 0 Å². The molecule has 1 heterocycles. The van der Waals surface area contributed by atoms with Gasteiger partial charge in [0.25, 0.3) is 0 Å². The van der Waals surface area contributed by atoms with Gasteiger partial charge in [0.1, 0.15) is 0 Å². The van der Waals surface area contributed by atoms with Gasteiger partial charge in [0.15, 0.2) is 0 Å². The molecule has 1 fully saturated rings. The third-order valence-corrected chi connectivity index (χ3v) is 3.96. The fourth-order valence-corrected chi connectivity index (χ4v) is 3.18. The van der Waals surface area contributed by atoms with Crippen LogP contribution in [0.5, 0.6) is 0 Å². The topological polar surface area (TPSA) is 12.0 Å². The molecule has 14 heavy (non-hydrogen) atoms. The normalized spacial score (nSPS) is 22.9. The Morgan fingerprint density at radius 3 is 2.86 bits per heavy atom. The predicted molar refractivity (Wildman–Crippen MR) is 67.0 cm³/mol. The molecule has 1 aliphatic rings. The van der Waals surface area contributed by atoms with Crippen LogP contribution in [0.4, 0.5) is 0 Å². The lowest BCUT2D eigenvalue weighted by Crippen LogP contribution is -2.29. The van der Waals surface area contributed by atoms with Crippen LogP contribution in [0.3, 0.4) is 0 Å². The summed E-state index contributed by atoms with van der Waals surface area (Å²) in [5.74, 6) is 4.57. The average molecular weight is 215 g/mol. The van der Waals surface area contributed by atoms with Crippen LogP contribution >= 0.6 is 11.8 Å². The molecule has 1 nitrogen and oxygen atoms in total. The molecule has 0 radical (unpaired) electrons. The minimum atomic E-state index is 0.874. The van der Waals surface area contributed by atoms with Crippen molar-refractivity contribution in [2.45, 2.75) is 39.5 Å². The van der Waals surface area contributed by atoms with Gasteiger partial charge in [-0.05, 0) is 62.1 Å². The molecule has 0 aromatic rings. The van der Waals surface area contributed by atoms with Crippen molar-refractivity contribution in [3.63, 3.8) is 0 Å². The Labute approximate surface area is 93.4 Å². The monoisotopic (exact) mass is 215 g/mol. The van der Waals surface area contributed by atoms with Crippen LogP contribution in [0.1, 0.15) is 39.5 Å². The molecule has 0 amide bonds. The summed E-state index contributed by atoms with van der Waals surface area (Å²) in [6.07, 6.45) is 5.66. The Balaban J connectivity index is 1.87. The first-order chi connectivity index (χ1) is 6.79. The minimum Gasteiger partial charge on any atom is -0.316 e. The van der Waals surface area contributed by atoms with Gasteiger partial charge in [-0.2, -0.15) is 11.8 Å². The first kappa shape index (κ1) is 12.4. The quantitative estimate of drug-likeness (QED) is 0.683. The molecule has 84 valence electrons. The van der Waals surface area contributed by atoms with Crippen LogP contribution in [0.15, 0.2) is 0 Å². The molecule has 0 bridgehead atoms. The first-order valence-electron chi connectivity index (χ1n) is 6.07. The number of hydrogen-bond donors (Lipinski definition) is 1. The first-order valence-corrected chi connectivity index (χ1v) is 7.23. The smallest absolute Gasteiger partial charge is 0.00202 e. The molecule has 1 aliphatic heterocycles. The van der Waals surface area contributed by atoms with E-state index in [1.54, 1.807) is 0 Å². The Kier molecular flexibility index (Phi) is 6.70. The van der Waals surface area contributed by atoms with E-state index < -0.39 is 0 Å². The van der Waals surface area contributed by atoms with E-state index in [4.69, 9.17) is 0 Å². The molecule has 0 aliphatic carbocycles. The third kappa shape index (κ3) is 5.92. The van der Waals surface area contributed by atoms with E-state index in [9.17, 15) is 0 Å². The highest BCUT2D eigenvalue weighted by atomic mass is 32.2. The van der Waals surface area contributed by atoms with Crippen LogP contribution in [-0.4, -0.2) is 24.6 Å². The summed E-state index contributed by atoms with van der Waals surface area (Å²) in [6, 6.07) is 0. The van der Waals surface area contributed by atoms with Crippen LogP contribution in [0.2, 0.25) is 0 Å². The predicted octanol–water partition coefficient (Wildman–Crippen LogP) is 3.16. The van der Waals surface area contributed by atoms with Crippen molar-refractivity contribution in [2.75, 3.05) is 24.6 Å². The van der Waals surface area contributed by atoms with E-state index in [1.165, 1.54) is 50.3 Å². The second kappa shape index (κ2) is 7.58. The molecule has 1 atom stereocenters. The van der Waals surface area contributed by atoms with Crippen molar-refractivity contribution in [2.24, 2.45) is 11.8 Å². The fourth-order valence-electron chi connectivity index (χ4n) is 1.84. The summed E-state index contributed by atoms with van der Waals surface area (Å²) in [5, 5.41) is 3.48. The van der Waals surface area contributed by atoms with E-state index in [0.29, 0.717) is 0 Å². The van der Waals surface area contributed by atoms with Crippen LogP contribution < -0.4 is 5.32 Å². The zero-order valence-corrected chi connectivity index (χ0v) is 10.5. The molecule has 1 saturated heterocycles. The van der Waals surface area contributed by atoms with Gasteiger partial charge in [-0.15, -0.1) is 0 Å². The maximum absolute atomic E-state index is 3.48. The van der Waals surface area contributed by atoms with Crippen LogP contribution in [-0.2, 0) is 0 Å². The maximum Gasteiger partial charge on any atom is -0.00202 e. The second-order valence-electron chi connectivity index (χ2n) is 4.80. The summed E-state index contributed by atoms with van der Waals surface area (Å²) in [7, 11) is 0. The molecule has 1 rings (SSSR count). The zero-order valence-electron chi connectivity index (χ0n) is 9.72. The molecule has 0 aromatic carbocycles. The summed E-state index contributed by atoms with van der Waals surface area (Å²) < 4.78 is 0. The van der Waals surface area contributed by atoms with E-state index in [0.717, 1.165) is 11.8 Å². The second-order valence-corrected chi connectivity index (χ2v) is 6.02. The Morgan fingerprint density at radius 2 is 2.21 bits per heavy atom. The van der Waals surface area contributed by atoms with Gasteiger partial charge in [-0.3, -0.25) is 0 Å². The molecule has 2 heteroatoms. The van der Waals surface area contributed by atoms with Gasteiger partial charge in [0.2, 0.25) is 0 Å². The highest BCUT2D eigenvalue weighted by molar-refractivity contribution is 7.99. The van der Waals surface area contributed by atoms with Gasteiger partial charge in [-0.1, -0.05) is 13.8 Å². The van der Waals surface area contributed by atoms with Gasteiger partial charge in [0.05, 0.1) is 0 Å². The molecule has 1 N–H and O–H groups in total. The number of hydrogen-bond acceptors (Lipinski definition) is 2. The van der Waals surface area contributed by atoms with Crippen molar-refractivity contribution in [3.05, 3.63) is 0 Å². The Bertz CT molecular complexity index is 130. The van der Waals surface area contributed by atoms with E-state index in [1.807, 2.05) is 0 Å². The van der Waals surface area contributed by atoms with E-state index >= 15 is 0 Å². The van der Waals surface area contributed by atoms with Crippen molar-refractivity contribution in [3.8, 4) is 0 Å². The highest BCUT2D eigenvalue weighted by Gasteiger charge is 2.11. The minimum absolute atomic E-state index is 0.874. The largest absolute Gasteiger partial charge is 0.316 e. The lowest BCUT2D eigenvalue weighted by atomic mass is 9.97. The van der Waals surface area contributed by atoms with Crippen molar-refractivity contribution in [1.82, 2.24) is 5.32 Å². The highest BCUT2D eigenvalue weighted by Crippen LogP contribution is 2.18. The molecule has 0 spiro atoms. The van der Waals surface area contributed by atoms with Crippen LogP contribution in [0.25, 0.3) is 0 Å². The van der Waals surface area contributed by atoms with E-state index in [2.05, 4.69) is 30.9 Å². The summed E-state index contributed by atoms with van der Waals surface area (Å²) in [6.45, 7) is 7.14. The molecule has 0 saturated carbocycles. The van der Waals surface area contributed by atoms with E-state index in [-0.39, 0.29) is 0 Å². The zero-order chi connectivity index (χ0) is 10.2. The van der Waals surface area contributed by atoms with Gasteiger partial charge in [0, 0.05) is 0 Å². The van der Waals surface area contributed by atoms with Gasteiger partial charge < -0.3 is 5.32 Å². The molecule has 1 unspecified atom stereocenters. The maximum atomic E-state index is 3.48. The lowest BCUT2D eigenvalue weighted by Gasteiger charge is -2.22. The van der Waals surface area contributed by atoms with Crippen LogP contribution in [0, 0.1) is 11.8 Å². The molecular formula is C12H25NS. The summed E-state index contributed by atoms with van der Waals surface area (Å²) in [5.41, 5.74) is 0. The van der Waals surface area contributed by atoms with Crippen molar-refractivity contribution >= 4 is 11.8 Å². The SMILES string of the molecule is CC(C)CCSCCC1CCCNC1. The molecular weight excluding hydrogens is 190 g/mol. The number of nitrogens with one attached hydrogen (secondary N) is 1. The van der Waals surface area contributed by atoms with Gasteiger partial charge >= 0.3 is 0 Å². The van der Waals surface area contributed by atoms with Crippen molar-refractivity contribution in [1.29, 1.82) is 0 Å². The standard InChI is InChI=1S/C12H25NS/c1-11(2)5-8-14-9-6-12-4-3-7-13-10-12/h11-13H,3-10H2,1-2H3.